The molecule has 1 saturated carbocycles. The Balaban J connectivity index is 2.09. The van der Waals surface area contributed by atoms with Crippen molar-refractivity contribution < 1.29 is 13.9 Å². The van der Waals surface area contributed by atoms with Crippen LogP contribution in [0.15, 0.2) is 18.2 Å². The minimum atomic E-state index is -0.389. The molecule has 0 saturated heterocycles. The third-order valence-corrected chi connectivity index (χ3v) is 2.15. The Bertz CT molecular complexity index is 378. The summed E-state index contributed by atoms with van der Waals surface area (Å²) in [7, 11) is 0. The lowest BCUT2D eigenvalue weighted by molar-refractivity contribution is 0.124. The molecule has 1 aliphatic carbocycles. The maximum absolute atomic E-state index is 13.6. The smallest absolute Gasteiger partial charge is 0.168 e. The van der Waals surface area contributed by atoms with Gasteiger partial charge in [-0.1, -0.05) is 0 Å². The van der Waals surface area contributed by atoms with E-state index in [-0.39, 0.29) is 23.3 Å². The Kier molecular flexibility index (Phi) is 2.78. The highest BCUT2D eigenvalue weighted by Gasteiger charge is 2.24. The van der Waals surface area contributed by atoms with E-state index < -0.39 is 0 Å². The molecule has 0 unspecified atom stereocenters. The van der Waals surface area contributed by atoms with Crippen LogP contribution in [0, 0.1) is 5.82 Å². The van der Waals surface area contributed by atoms with Crippen LogP contribution in [-0.2, 0) is 0 Å². The molecule has 16 heavy (non-hydrogen) atoms. The van der Waals surface area contributed by atoms with E-state index in [2.05, 4.69) is 0 Å². The molecule has 1 aliphatic rings. The molecule has 88 valence electrons. The van der Waals surface area contributed by atoms with Crippen molar-refractivity contribution >= 4 is 0 Å². The largest absolute Gasteiger partial charge is 0.490 e. The summed E-state index contributed by atoms with van der Waals surface area (Å²) in [6, 6.07) is 4.76. The van der Waals surface area contributed by atoms with Gasteiger partial charge in [0.15, 0.2) is 11.6 Å². The summed E-state index contributed by atoms with van der Waals surface area (Å²) in [4.78, 5) is 0. The highest BCUT2D eigenvalue weighted by atomic mass is 19.1. The molecule has 2 nitrogen and oxygen atoms in total. The van der Waals surface area contributed by atoms with Gasteiger partial charge in [-0.15, -0.1) is 0 Å². The first kappa shape index (κ1) is 11.2. The lowest BCUT2D eigenvalue weighted by Gasteiger charge is -2.21. The van der Waals surface area contributed by atoms with Crippen LogP contribution in [0.5, 0.6) is 11.5 Å². The summed E-state index contributed by atoms with van der Waals surface area (Å²) in [6.07, 6.45) is 2.43. The quantitative estimate of drug-likeness (QED) is 0.781. The molecule has 0 spiro atoms. The van der Waals surface area contributed by atoms with Crippen LogP contribution in [0.2, 0.25) is 0 Å². The van der Waals surface area contributed by atoms with Crippen molar-refractivity contribution in [1.82, 2.24) is 0 Å². The van der Waals surface area contributed by atoms with Gasteiger partial charge in [-0.3, -0.25) is 0 Å². The van der Waals surface area contributed by atoms with Crippen LogP contribution in [0.1, 0.15) is 33.6 Å². The normalized spacial score (nSPS) is 16.0. The molecule has 0 radical (unpaired) electrons. The predicted molar refractivity (Wildman–Crippen MR) is 60.4 cm³/mol. The zero-order chi connectivity index (χ0) is 11.8. The van der Waals surface area contributed by atoms with Gasteiger partial charge in [-0.25, -0.2) is 4.39 Å². The molecule has 2 rings (SSSR count). The zero-order valence-electron chi connectivity index (χ0n) is 9.92. The molecule has 0 N–H and O–H groups in total. The van der Waals surface area contributed by atoms with Crippen molar-refractivity contribution in [2.24, 2.45) is 0 Å². The Morgan fingerprint density at radius 2 is 1.94 bits per heavy atom. The van der Waals surface area contributed by atoms with Crippen LogP contribution in [0.25, 0.3) is 0 Å². The summed E-state index contributed by atoms with van der Waals surface area (Å²) < 4.78 is 24.6. The lowest BCUT2D eigenvalue weighted by Crippen LogP contribution is -2.23. The maximum atomic E-state index is 13.6. The second-order valence-electron chi connectivity index (χ2n) is 5.12. The van der Waals surface area contributed by atoms with E-state index >= 15 is 0 Å². The van der Waals surface area contributed by atoms with Gasteiger partial charge in [0, 0.05) is 6.07 Å². The molecule has 0 amide bonds. The molecule has 0 aromatic heterocycles. The van der Waals surface area contributed by atoms with E-state index in [9.17, 15) is 4.39 Å². The first-order valence-electron chi connectivity index (χ1n) is 5.59. The fourth-order valence-corrected chi connectivity index (χ4v) is 1.35. The molecule has 0 atom stereocenters. The Morgan fingerprint density at radius 1 is 1.25 bits per heavy atom. The van der Waals surface area contributed by atoms with E-state index in [4.69, 9.17) is 9.47 Å². The number of hydrogen-bond acceptors (Lipinski definition) is 2. The van der Waals surface area contributed by atoms with Crippen LogP contribution >= 0.6 is 0 Å². The van der Waals surface area contributed by atoms with Gasteiger partial charge in [-0.05, 0) is 45.7 Å². The number of hydrogen-bond donors (Lipinski definition) is 0. The van der Waals surface area contributed by atoms with Crippen LogP contribution in [0.3, 0.4) is 0 Å². The minimum absolute atomic E-state index is 0.274. The van der Waals surface area contributed by atoms with Gasteiger partial charge in [0.2, 0.25) is 0 Å². The van der Waals surface area contributed by atoms with E-state index in [0.29, 0.717) is 5.75 Å². The Labute approximate surface area is 95.4 Å². The van der Waals surface area contributed by atoms with E-state index in [0.717, 1.165) is 12.8 Å². The fraction of sp³-hybridized carbons (Fsp3) is 0.538. The molecule has 0 bridgehead atoms. The third kappa shape index (κ3) is 3.12. The van der Waals surface area contributed by atoms with Crippen molar-refractivity contribution in [2.75, 3.05) is 0 Å². The first-order chi connectivity index (χ1) is 7.44. The summed E-state index contributed by atoms with van der Waals surface area (Å²) in [5, 5.41) is 0. The van der Waals surface area contributed by atoms with Gasteiger partial charge < -0.3 is 9.47 Å². The highest BCUT2D eigenvalue weighted by Crippen LogP contribution is 2.30. The van der Waals surface area contributed by atoms with Crippen molar-refractivity contribution in [1.29, 1.82) is 0 Å². The molecule has 1 aromatic carbocycles. The van der Waals surface area contributed by atoms with Crippen LogP contribution in [-0.4, -0.2) is 11.7 Å². The summed E-state index contributed by atoms with van der Waals surface area (Å²) in [5.41, 5.74) is -0.389. The topological polar surface area (TPSA) is 18.5 Å². The van der Waals surface area contributed by atoms with Gasteiger partial charge in [-0.2, -0.15) is 0 Å². The first-order valence-corrected chi connectivity index (χ1v) is 5.59. The molecule has 1 aromatic rings. The number of halogens is 1. The third-order valence-electron chi connectivity index (χ3n) is 2.15. The molecule has 0 heterocycles. The predicted octanol–water partition coefficient (Wildman–Crippen LogP) is 3.54. The monoisotopic (exact) mass is 224 g/mol. The van der Waals surface area contributed by atoms with E-state index in [1.54, 1.807) is 12.1 Å². The van der Waals surface area contributed by atoms with Gasteiger partial charge in [0.05, 0.1) is 6.10 Å². The number of rotatable bonds is 3. The SMILES string of the molecule is CC(C)(C)Oc1ccc(OC2CC2)cc1F. The molecule has 0 aliphatic heterocycles. The Morgan fingerprint density at radius 3 is 2.44 bits per heavy atom. The maximum Gasteiger partial charge on any atom is 0.168 e. The number of benzene rings is 1. The summed E-state index contributed by atoms with van der Waals surface area (Å²) in [6.45, 7) is 5.67. The zero-order valence-corrected chi connectivity index (χ0v) is 9.92. The van der Waals surface area contributed by atoms with Gasteiger partial charge in [0.1, 0.15) is 11.4 Å². The van der Waals surface area contributed by atoms with E-state index in [1.165, 1.54) is 6.07 Å². The number of ether oxygens (including phenoxy) is 2. The second kappa shape index (κ2) is 3.96. The van der Waals surface area contributed by atoms with Crippen molar-refractivity contribution in [2.45, 2.75) is 45.3 Å². The van der Waals surface area contributed by atoms with Crippen molar-refractivity contribution in [3.63, 3.8) is 0 Å². The molecular formula is C13H17FO2. The fourth-order valence-electron chi connectivity index (χ4n) is 1.35. The lowest BCUT2D eigenvalue weighted by atomic mass is 10.2. The van der Waals surface area contributed by atoms with Gasteiger partial charge >= 0.3 is 0 Å². The highest BCUT2D eigenvalue weighted by molar-refractivity contribution is 5.33. The van der Waals surface area contributed by atoms with E-state index in [1.807, 2.05) is 20.8 Å². The second-order valence-corrected chi connectivity index (χ2v) is 5.12. The Hall–Kier alpha value is -1.25. The van der Waals surface area contributed by atoms with Crippen molar-refractivity contribution in [3.8, 4) is 11.5 Å². The summed E-state index contributed by atoms with van der Waals surface area (Å²) in [5.74, 6) is 0.491. The van der Waals surface area contributed by atoms with Crippen molar-refractivity contribution in [3.05, 3.63) is 24.0 Å². The molecule has 3 heteroatoms. The van der Waals surface area contributed by atoms with Crippen LogP contribution in [0.4, 0.5) is 4.39 Å². The standard InChI is InChI=1S/C13H17FO2/c1-13(2,3)16-12-7-6-10(8-11(12)14)15-9-4-5-9/h6-9H,4-5H2,1-3H3. The van der Waals surface area contributed by atoms with Gasteiger partial charge in [0.25, 0.3) is 0 Å². The average molecular weight is 224 g/mol. The molecular weight excluding hydrogens is 207 g/mol. The molecule has 1 fully saturated rings. The van der Waals surface area contributed by atoms with Crippen LogP contribution < -0.4 is 9.47 Å². The minimum Gasteiger partial charge on any atom is -0.490 e. The average Bonchev–Trinajstić information content (AvgIpc) is 2.92. The summed E-state index contributed by atoms with van der Waals surface area (Å²) >= 11 is 0.